The predicted molar refractivity (Wildman–Crippen MR) is 154 cm³/mol. The molecule has 8 heteroatoms. The van der Waals surface area contributed by atoms with Gasteiger partial charge < -0.3 is 20.5 Å². The Labute approximate surface area is 236 Å². The van der Waals surface area contributed by atoms with Crippen LogP contribution in [0.25, 0.3) is 5.69 Å². The Bertz CT molecular complexity index is 1310. The number of nitrogens with zero attached hydrogens (tertiary/aromatic N) is 2. The van der Waals surface area contributed by atoms with Crippen LogP contribution in [0.1, 0.15) is 75.5 Å². The number of fused-ring (bicyclic) bond motifs is 1. The van der Waals surface area contributed by atoms with E-state index in [0.717, 1.165) is 36.7 Å². The van der Waals surface area contributed by atoms with Crippen molar-refractivity contribution in [2.24, 2.45) is 5.92 Å². The second kappa shape index (κ2) is 13.0. The molecule has 3 aromatic rings. The van der Waals surface area contributed by atoms with Gasteiger partial charge in [0.15, 0.2) is 5.82 Å². The van der Waals surface area contributed by atoms with Crippen LogP contribution >= 0.6 is 0 Å². The monoisotopic (exact) mass is 549 g/mol. The lowest BCUT2D eigenvalue weighted by atomic mass is 9.86. The van der Waals surface area contributed by atoms with Gasteiger partial charge >= 0.3 is 0 Å². The summed E-state index contributed by atoms with van der Waals surface area (Å²) in [5.41, 5.74) is 3.49. The van der Waals surface area contributed by atoms with Crippen LogP contribution in [0.2, 0.25) is 0 Å². The van der Waals surface area contributed by atoms with Gasteiger partial charge in [0, 0.05) is 24.7 Å². The van der Waals surface area contributed by atoms with Crippen molar-refractivity contribution in [1.82, 2.24) is 20.2 Å². The molecule has 2 aliphatic rings. The summed E-state index contributed by atoms with van der Waals surface area (Å²) in [5.74, 6) is -0.0212. The number of carbonyl (C=O) groups is 1. The SMILES string of the molecule is CCC[C@H](NC1CCc2cc(F)cc(F)c2C1)C(=O)Nc1cn(-c2ccccc2CNC2CCCCC2C)cn1. The summed E-state index contributed by atoms with van der Waals surface area (Å²) < 4.78 is 30.0. The third-order valence-electron chi connectivity index (χ3n) is 8.57. The van der Waals surface area contributed by atoms with Crippen LogP contribution in [-0.2, 0) is 24.2 Å². The highest BCUT2D eigenvalue weighted by molar-refractivity contribution is 5.94. The molecule has 0 saturated heterocycles. The molecular formula is C32H41F2N5O. The van der Waals surface area contributed by atoms with Crippen LogP contribution in [-0.4, -0.2) is 33.6 Å². The fourth-order valence-electron chi connectivity index (χ4n) is 6.30. The van der Waals surface area contributed by atoms with Gasteiger partial charge in [-0.05, 0) is 73.3 Å². The Morgan fingerprint density at radius 3 is 2.80 bits per heavy atom. The number of halogens is 2. The molecule has 0 radical (unpaired) electrons. The summed E-state index contributed by atoms with van der Waals surface area (Å²) in [4.78, 5) is 17.8. The van der Waals surface area contributed by atoms with Crippen molar-refractivity contribution in [3.05, 3.63) is 77.2 Å². The Hall–Kier alpha value is -3.10. The van der Waals surface area contributed by atoms with Crippen molar-refractivity contribution in [1.29, 1.82) is 0 Å². The first-order chi connectivity index (χ1) is 19.4. The van der Waals surface area contributed by atoms with E-state index in [1.807, 2.05) is 23.8 Å². The largest absolute Gasteiger partial charge is 0.310 e. The first-order valence-electron chi connectivity index (χ1n) is 14.8. The van der Waals surface area contributed by atoms with E-state index in [-0.39, 0.29) is 11.9 Å². The number of imidazole rings is 1. The number of para-hydroxylation sites is 1. The van der Waals surface area contributed by atoms with Crippen molar-refractivity contribution in [3.63, 3.8) is 0 Å². The zero-order chi connectivity index (χ0) is 28.1. The van der Waals surface area contributed by atoms with E-state index in [1.165, 1.54) is 37.3 Å². The molecule has 5 rings (SSSR count). The molecule has 214 valence electrons. The molecule has 2 aromatic carbocycles. The topological polar surface area (TPSA) is 71.0 Å². The zero-order valence-electron chi connectivity index (χ0n) is 23.6. The van der Waals surface area contributed by atoms with E-state index >= 15 is 0 Å². The summed E-state index contributed by atoms with van der Waals surface area (Å²) in [7, 11) is 0. The van der Waals surface area contributed by atoms with E-state index in [4.69, 9.17) is 0 Å². The average molecular weight is 550 g/mol. The molecule has 3 unspecified atom stereocenters. The number of rotatable bonds is 10. The maximum absolute atomic E-state index is 14.4. The molecule has 1 aromatic heterocycles. The number of carbonyl (C=O) groups excluding carboxylic acids is 1. The third-order valence-corrected chi connectivity index (χ3v) is 8.57. The van der Waals surface area contributed by atoms with Gasteiger partial charge in [-0.25, -0.2) is 13.8 Å². The molecule has 40 heavy (non-hydrogen) atoms. The Kier molecular flexibility index (Phi) is 9.27. The van der Waals surface area contributed by atoms with Crippen molar-refractivity contribution < 1.29 is 13.6 Å². The van der Waals surface area contributed by atoms with E-state index in [9.17, 15) is 13.6 Å². The van der Waals surface area contributed by atoms with E-state index < -0.39 is 17.7 Å². The van der Waals surface area contributed by atoms with Crippen LogP contribution in [0.15, 0.2) is 48.9 Å². The van der Waals surface area contributed by atoms with Gasteiger partial charge in [-0.15, -0.1) is 0 Å². The number of aromatic nitrogens is 2. The lowest BCUT2D eigenvalue weighted by Gasteiger charge is -2.30. The number of hydrogen-bond acceptors (Lipinski definition) is 4. The molecule has 2 aliphatic carbocycles. The quantitative estimate of drug-likeness (QED) is 0.287. The van der Waals surface area contributed by atoms with E-state index in [0.29, 0.717) is 42.6 Å². The summed E-state index contributed by atoms with van der Waals surface area (Å²) in [5, 5.41) is 10.2. The lowest BCUT2D eigenvalue weighted by molar-refractivity contribution is -0.118. The predicted octanol–water partition coefficient (Wildman–Crippen LogP) is 6.07. The van der Waals surface area contributed by atoms with Gasteiger partial charge in [-0.3, -0.25) is 4.79 Å². The Morgan fingerprint density at radius 2 is 1.98 bits per heavy atom. The summed E-state index contributed by atoms with van der Waals surface area (Å²) in [6.07, 6.45) is 11.9. The van der Waals surface area contributed by atoms with Crippen molar-refractivity contribution in [3.8, 4) is 5.69 Å². The van der Waals surface area contributed by atoms with Crippen LogP contribution < -0.4 is 16.0 Å². The second-order valence-electron chi connectivity index (χ2n) is 11.5. The minimum absolute atomic E-state index is 0.0569. The molecule has 6 nitrogen and oxygen atoms in total. The minimum Gasteiger partial charge on any atom is -0.310 e. The van der Waals surface area contributed by atoms with Gasteiger partial charge in [0.1, 0.15) is 18.0 Å². The maximum Gasteiger partial charge on any atom is 0.242 e. The molecule has 1 saturated carbocycles. The Balaban J connectivity index is 1.22. The molecule has 3 N–H and O–H groups in total. The Morgan fingerprint density at radius 1 is 1.15 bits per heavy atom. The number of anilines is 1. The lowest BCUT2D eigenvalue weighted by Crippen LogP contribution is -2.48. The van der Waals surface area contributed by atoms with E-state index in [1.54, 1.807) is 6.33 Å². The number of amides is 1. The average Bonchev–Trinajstić information content (AvgIpc) is 3.41. The highest BCUT2D eigenvalue weighted by Crippen LogP contribution is 2.27. The molecular weight excluding hydrogens is 508 g/mol. The minimum atomic E-state index is -0.539. The van der Waals surface area contributed by atoms with Gasteiger partial charge in [0.2, 0.25) is 5.91 Å². The fourth-order valence-corrected chi connectivity index (χ4v) is 6.30. The molecule has 0 aliphatic heterocycles. The standard InChI is InChI=1S/C32H41F2N5O/c1-3-8-29(37-25-14-13-22-15-24(33)16-27(34)26(22)17-25)32(40)38-31-19-39(20-36-31)30-12-7-5-10-23(30)18-35-28-11-6-4-9-21(28)2/h5,7,10,12,15-16,19-21,25,28-29,35,37H,3-4,6,8-9,11,13-14,17-18H2,1-2H3,(H,38,40)/t21?,25?,28?,29-/m0/s1. The molecule has 1 amide bonds. The summed E-state index contributed by atoms with van der Waals surface area (Å²) >= 11 is 0. The molecule has 1 fully saturated rings. The second-order valence-corrected chi connectivity index (χ2v) is 11.5. The normalized spacial score (nSPS) is 21.6. The highest BCUT2D eigenvalue weighted by Gasteiger charge is 2.27. The van der Waals surface area contributed by atoms with Crippen LogP contribution in [0.3, 0.4) is 0 Å². The summed E-state index contributed by atoms with van der Waals surface area (Å²) in [6.45, 7) is 5.15. The summed E-state index contributed by atoms with van der Waals surface area (Å²) in [6, 6.07) is 10.7. The maximum atomic E-state index is 14.4. The van der Waals surface area contributed by atoms with Crippen LogP contribution in [0, 0.1) is 17.6 Å². The van der Waals surface area contributed by atoms with E-state index in [2.05, 4.69) is 46.1 Å². The van der Waals surface area contributed by atoms with Crippen LogP contribution in [0.4, 0.5) is 14.6 Å². The van der Waals surface area contributed by atoms with Crippen LogP contribution in [0.5, 0.6) is 0 Å². The van der Waals surface area contributed by atoms with Gasteiger partial charge in [0.25, 0.3) is 0 Å². The first kappa shape index (κ1) is 28.4. The van der Waals surface area contributed by atoms with Gasteiger partial charge in [0.05, 0.1) is 17.9 Å². The highest BCUT2D eigenvalue weighted by atomic mass is 19.1. The van der Waals surface area contributed by atoms with Gasteiger partial charge in [-0.2, -0.15) is 0 Å². The number of benzene rings is 2. The zero-order valence-corrected chi connectivity index (χ0v) is 23.6. The van der Waals surface area contributed by atoms with Crippen molar-refractivity contribution in [2.45, 2.75) is 96.3 Å². The molecule has 0 spiro atoms. The number of hydrogen-bond donors (Lipinski definition) is 3. The van der Waals surface area contributed by atoms with Crippen molar-refractivity contribution in [2.75, 3.05) is 5.32 Å². The third kappa shape index (κ3) is 6.78. The molecule has 4 atom stereocenters. The van der Waals surface area contributed by atoms with Crippen molar-refractivity contribution >= 4 is 11.7 Å². The molecule has 0 bridgehead atoms. The number of nitrogens with one attached hydrogen (secondary N) is 3. The van der Waals surface area contributed by atoms with Gasteiger partial charge in [-0.1, -0.05) is 51.3 Å². The smallest absolute Gasteiger partial charge is 0.242 e. The fraction of sp³-hybridized carbons (Fsp3) is 0.500. The molecule has 1 heterocycles. The first-order valence-corrected chi connectivity index (χ1v) is 14.8. The number of aryl methyl sites for hydroxylation is 1.